The Labute approximate surface area is 125 Å². The summed E-state index contributed by atoms with van der Waals surface area (Å²) < 4.78 is 39.7. The normalized spacial score (nSPS) is 24.2. The van der Waals surface area contributed by atoms with Crippen molar-refractivity contribution in [2.75, 3.05) is 26.2 Å². The maximum absolute atomic E-state index is 13.2. The maximum atomic E-state index is 13.2. The zero-order valence-corrected chi connectivity index (χ0v) is 12.5. The van der Waals surface area contributed by atoms with E-state index in [1.807, 2.05) is 0 Å². The number of nitrogens with zero attached hydrogens (tertiary/aromatic N) is 1. The van der Waals surface area contributed by atoms with Crippen molar-refractivity contribution in [3.05, 3.63) is 0 Å². The van der Waals surface area contributed by atoms with Crippen LogP contribution >= 0.6 is 24.8 Å². The predicted octanol–water partition coefficient (Wildman–Crippen LogP) is 3.25. The van der Waals surface area contributed by atoms with Gasteiger partial charge < -0.3 is 5.32 Å². The second-order valence-electron chi connectivity index (χ2n) is 5.17. The van der Waals surface area contributed by atoms with E-state index in [0.29, 0.717) is 26.2 Å². The van der Waals surface area contributed by atoms with Gasteiger partial charge >= 0.3 is 6.18 Å². The van der Waals surface area contributed by atoms with E-state index in [2.05, 4.69) is 5.32 Å². The molecule has 0 spiro atoms. The molecule has 116 valence electrons. The second-order valence-corrected chi connectivity index (χ2v) is 5.17. The standard InChI is InChI=1S/C12H21F3N2.2ClH/c13-12(14,15)11(10-4-2-1-3-5-10)17-8-6-16-7-9-17;;/h10-11,16H,1-9H2;2*1H/t11-;;/m0../s1. The Bertz CT molecular complexity index is 222. The number of hydrogen-bond donors (Lipinski definition) is 1. The third kappa shape index (κ3) is 5.29. The van der Waals surface area contributed by atoms with Crippen LogP contribution in [0.5, 0.6) is 0 Å². The van der Waals surface area contributed by atoms with Crippen molar-refractivity contribution in [1.29, 1.82) is 0 Å². The molecule has 1 aliphatic carbocycles. The van der Waals surface area contributed by atoms with Crippen LogP contribution < -0.4 is 5.32 Å². The molecular formula is C12H23Cl2F3N2. The minimum Gasteiger partial charge on any atom is -0.314 e. The highest BCUT2D eigenvalue weighted by Crippen LogP contribution is 2.37. The molecule has 0 aromatic rings. The highest BCUT2D eigenvalue weighted by atomic mass is 35.5. The van der Waals surface area contributed by atoms with E-state index in [9.17, 15) is 13.2 Å². The van der Waals surface area contributed by atoms with Gasteiger partial charge in [-0.3, -0.25) is 4.90 Å². The van der Waals surface area contributed by atoms with Crippen molar-refractivity contribution >= 4 is 24.8 Å². The average molecular weight is 323 g/mol. The Morgan fingerprint density at radius 1 is 0.947 bits per heavy atom. The lowest BCUT2D eigenvalue weighted by atomic mass is 9.82. The third-order valence-electron chi connectivity index (χ3n) is 3.98. The van der Waals surface area contributed by atoms with Gasteiger partial charge in [0.25, 0.3) is 0 Å². The van der Waals surface area contributed by atoms with Gasteiger partial charge in [0.15, 0.2) is 0 Å². The molecule has 0 unspecified atom stereocenters. The minimum absolute atomic E-state index is 0. The van der Waals surface area contributed by atoms with Crippen LogP contribution in [0.3, 0.4) is 0 Å². The number of piperazine rings is 1. The average Bonchev–Trinajstić information content (AvgIpc) is 2.30. The molecule has 0 aromatic heterocycles. The topological polar surface area (TPSA) is 15.3 Å². The SMILES string of the molecule is Cl.Cl.FC(F)(F)[C@H](C1CCCCC1)N1CCNCC1. The first kappa shape index (κ1) is 19.3. The molecule has 0 bridgehead atoms. The van der Waals surface area contributed by atoms with E-state index >= 15 is 0 Å². The summed E-state index contributed by atoms with van der Waals surface area (Å²) in [5.41, 5.74) is 0. The van der Waals surface area contributed by atoms with Crippen LogP contribution in [0, 0.1) is 5.92 Å². The van der Waals surface area contributed by atoms with Crippen molar-refractivity contribution in [1.82, 2.24) is 10.2 Å². The molecule has 2 aliphatic rings. The molecule has 1 saturated heterocycles. The Hall–Kier alpha value is 0.290. The summed E-state index contributed by atoms with van der Waals surface area (Å²) in [6, 6.07) is -1.20. The van der Waals surface area contributed by atoms with Crippen LogP contribution in [0.25, 0.3) is 0 Å². The van der Waals surface area contributed by atoms with E-state index < -0.39 is 12.2 Å². The van der Waals surface area contributed by atoms with Crippen molar-refractivity contribution in [2.45, 2.75) is 44.3 Å². The molecule has 1 saturated carbocycles. The van der Waals surface area contributed by atoms with Gasteiger partial charge in [-0.25, -0.2) is 0 Å². The van der Waals surface area contributed by atoms with Crippen molar-refractivity contribution < 1.29 is 13.2 Å². The molecule has 0 radical (unpaired) electrons. The van der Waals surface area contributed by atoms with Crippen LogP contribution in [0.15, 0.2) is 0 Å². The van der Waals surface area contributed by atoms with Gasteiger partial charge in [0.2, 0.25) is 0 Å². The Morgan fingerprint density at radius 2 is 1.47 bits per heavy atom. The molecule has 1 N–H and O–H groups in total. The molecule has 0 amide bonds. The summed E-state index contributed by atoms with van der Waals surface area (Å²) in [7, 11) is 0. The highest BCUT2D eigenvalue weighted by molar-refractivity contribution is 5.85. The smallest absolute Gasteiger partial charge is 0.314 e. The number of nitrogens with one attached hydrogen (secondary N) is 1. The van der Waals surface area contributed by atoms with Gasteiger partial charge in [-0.2, -0.15) is 13.2 Å². The first-order valence-corrected chi connectivity index (χ1v) is 6.60. The van der Waals surface area contributed by atoms with E-state index in [4.69, 9.17) is 0 Å². The summed E-state index contributed by atoms with van der Waals surface area (Å²) >= 11 is 0. The van der Waals surface area contributed by atoms with Crippen LogP contribution in [0.2, 0.25) is 0 Å². The molecule has 19 heavy (non-hydrogen) atoms. The van der Waals surface area contributed by atoms with Gasteiger partial charge in [0, 0.05) is 26.2 Å². The quantitative estimate of drug-likeness (QED) is 0.839. The van der Waals surface area contributed by atoms with Gasteiger partial charge in [-0.15, -0.1) is 24.8 Å². The summed E-state index contributed by atoms with van der Waals surface area (Å²) in [5.74, 6) is -0.179. The van der Waals surface area contributed by atoms with Gasteiger partial charge in [0.1, 0.15) is 6.04 Å². The second kappa shape index (κ2) is 8.55. The Kier molecular flexibility index (Phi) is 8.68. The first-order valence-electron chi connectivity index (χ1n) is 6.60. The third-order valence-corrected chi connectivity index (χ3v) is 3.98. The van der Waals surface area contributed by atoms with Crippen LogP contribution in [0.1, 0.15) is 32.1 Å². The largest absolute Gasteiger partial charge is 0.404 e. The molecule has 1 heterocycles. The lowest BCUT2D eigenvalue weighted by molar-refractivity contribution is -0.202. The van der Waals surface area contributed by atoms with Crippen LogP contribution in [0.4, 0.5) is 13.2 Å². The lowest BCUT2D eigenvalue weighted by Crippen LogP contribution is -2.56. The molecule has 2 nitrogen and oxygen atoms in total. The van der Waals surface area contributed by atoms with E-state index in [-0.39, 0.29) is 30.7 Å². The van der Waals surface area contributed by atoms with E-state index in [0.717, 1.165) is 32.1 Å². The van der Waals surface area contributed by atoms with Crippen LogP contribution in [-0.4, -0.2) is 43.3 Å². The molecule has 7 heteroatoms. The molecule has 0 aromatic carbocycles. The number of rotatable bonds is 2. The molecule has 1 aliphatic heterocycles. The van der Waals surface area contributed by atoms with E-state index in [1.54, 1.807) is 4.90 Å². The fourth-order valence-corrected chi connectivity index (χ4v) is 3.18. The van der Waals surface area contributed by atoms with Gasteiger partial charge in [-0.1, -0.05) is 19.3 Å². The molecule has 2 rings (SSSR count). The monoisotopic (exact) mass is 322 g/mol. The van der Waals surface area contributed by atoms with Crippen molar-refractivity contribution in [2.24, 2.45) is 5.92 Å². The Balaban J connectivity index is 0.00000162. The van der Waals surface area contributed by atoms with Gasteiger partial charge in [-0.05, 0) is 18.8 Å². The summed E-state index contributed by atoms with van der Waals surface area (Å²) in [6.45, 7) is 2.42. The number of alkyl halides is 3. The first-order chi connectivity index (χ1) is 8.09. The minimum atomic E-state index is -4.07. The number of hydrogen-bond acceptors (Lipinski definition) is 2. The number of halogens is 5. The highest BCUT2D eigenvalue weighted by Gasteiger charge is 2.48. The fourth-order valence-electron chi connectivity index (χ4n) is 3.18. The summed E-state index contributed by atoms with van der Waals surface area (Å²) in [5, 5.41) is 3.11. The maximum Gasteiger partial charge on any atom is 0.404 e. The Morgan fingerprint density at radius 3 is 1.95 bits per heavy atom. The summed E-state index contributed by atoms with van der Waals surface area (Å²) in [4.78, 5) is 1.65. The molecule has 1 atom stereocenters. The van der Waals surface area contributed by atoms with Crippen molar-refractivity contribution in [3.63, 3.8) is 0 Å². The zero-order chi connectivity index (χ0) is 12.3. The lowest BCUT2D eigenvalue weighted by Gasteiger charge is -2.41. The van der Waals surface area contributed by atoms with Crippen LogP contribution in [-0.2, 0) is 0 Å². The van der Waals surface area contributed by atoms with Gasteiger partial charge in [0.05, 0.1) is 0 Å². The van der Waals surface area contributed by atoms with E-state index in [1.165, 1.54) is 0 Å². The molecule has 2 fully saturated rings. The summed E-state index contributed by atoms with van der Waals surface area (Å²) in [6.07, 6.45) is 0.441. The molecular weight excluding hydrogens is 300 g/mol. The zero-order valence-electron chi connectivity index (χ0n) is 10.9. The van der Waals surface area contributed by atoms with Crippen molar-refractivity contribution in [3.8, 4) is 0 Å². The predicted molar refractivity (Wildman–Crippen MR) is 75.4 cm³/mol. The fraction of sp³-hybridized carbons (Fsp3) is 1.00.